The minimum atomic E-state index is -0.186. The van der Waals surface area contributed by atoms with Crippen molar-refractivity contribution in [2.75, 3.05) is 5.32 Å². The van der Waals surface area contributed by atoms with E-state index in [9.17, 15) is 5.11 Å². The lowest BCUT2D eigenvalue weighted by Gasteiger charge is -2.12. The van der Waals surface area contributed by atoms with Gasteiger partial charge in [0.2, 0.25) is 0 Å². The van der Waals surface area contributed by atoms with Gasteiger partial charge in [-0.3, -0.25) is 5.41 Å². The van der Waals surface area contributed by atoms with Crippen LogP contribution in [-0.2, 0) is 0 Å². The molecule has 4 nitrogen and oxygen atoms in total. The first-order valence-electron chi connectivity index (χ1n) is 5.24. The minimum Gasteiger partial charge on any atom is -0.506 e. The molecule has 0 spiro atoms. The third kappa shape index (κ3) is 1.34. The molecule has 5 N–H and O–H groups in total. The highest BCUT2D eigenvalue weighted by Crippen LogP contribution is 2.41. The first-order chi connectivity index (χ1) is 8.16. The second-order valence-corrected chi connectivity index (χ2v) is 4.00. The van der Waals surface area contributed by atoms with E-state index in [1.807, 2.05) is 30.4 Å². The number of anilines is 1. The number of hydrogen-bond acceptors (Lipinski definition) is 2. The van der Waals surface area contributed by atoms with E-state index in [4.69, 9.17) is 11.1 Å². The fourth-order valence-electron chi connectivity index (χ4n) is 2.25. The maximum absolute atomic E-state index is 9.94. The van der Waals surface area contributed by atoms with Gasteiger partial charge in [-0.2, -0.15) is 0 Å². The summed E-state index contributed by atoms with van der Waals surface area (Å²) >= 11 is 0. The third-order valence-corrected chi connectivity index (χ3v) is 2.91. The Bertz CT molecular complexity index is 674. The van der Waals surface area contributed by atoms with Crippen molar-refractivity contribution in [2.45, 2.75) is 0 Å². The van der Waals surface area contributed by atoms with Crippen LogP contribution in [-0.4, -0.2) is 11.1 Å². The van der Waals surface area contributed by atoms with Crippen molar-refractivity contribution < 1.29 is 5.11 Å². The van der Waals surface area contributed by atoms with Gasteiger partial charge in [0.15, 0.2) is 5.96 Å². The quantitative estimate of drug-likeness (QED) is 0.291. The molecule has 0 aromatic heterocycles. The molecule has 84 valence electrons. The first kappa shape index (κ1) is 9.72. The Morgan fingerprint density at radius 2 is 2.12 bits per heavy atom. The molecule has 2 aromatic carbocycles. The third-order valence-electron chi connectivity index (χ3n) is 2.91. The molecule has 1 aliphatic carbocycles. The first-order valence-corrected chi connectivity index (χ1v) is 5.24. The number of nitrogens with one attached hydrogen (secondary N) is 2. The Kier molecular flexibility index (Phi) is 1.86. The normalized spacial score (nSPS) is 12.0. The van der Waals surface area contributed by atoms with E-state index in [2.05, 4.69) is 5.32 Å². The number of benzene rings is 2. The molecular formula is C13H11N3O. The summed E-state index contributed by atoms with van der Waals surface area (Å²) in [6, 6.07) is 7.60. The van der Waals surface area contributed by atoms with Crippen molar-refractivity contribution >= 4 is 34.6 Å². The molecular weight excluding hydrogens is 214 g/mol. The lowest BCUT2D eigenvalue weighted by Crippen LogP contribution is -2.21. The second kappa shape index (κ2) is 3.25. The van der Waals surface area contributed by atoms with Crippen LogP contribution in [0.3, 0.4) is 0 Å². The largest absolute Gasteiger partial charge is 0.506 e. The molecule has 0 atom stereocenters. The van der Waals surface area contributed by atoms with Gasteiger partial charge in [-0.1, -0.05) is 30.4 Å². The molecule has 0 saturated heterocycles. The van der Waals surface area contributed by atoms with Crippen molar-refractivity contribution in [2.24, 2.45) is 5.73 Å². The van der Waals surface area contributed by atoms with Gasteiger partial charge in [-0.15, -0.1) is 0 Å². The molecule has 4 heteroatoms. The van der Waals surface area contributed by atoms with Crippen LogP contribution < -0.4 is 11.1 Å². The van der Waals surface area contributed by atoms with Crippen LogP contribution in [0, 0.1) is 5.41 Å². The predicted molar refractivity (Wildman–Crippen MR) is 70.1 cm³/mol. The standard InChI is InChI=1S/C13H11N3O/c14-13(15)16-12-9-5-4-7-2-1-3-8(11(7)9)6-10(12)17/h1-6,17H,(H4,14,15,16). The molecule has 0 saturated carbocycles. The Balaban J connectivity index is 2.36. The summed E-state index contributed by atoms with van der Waals surface area (Å²) in [5.74, 6) is -0.0833. The van der Waals surface area contributed by atoms with Crippen molar-refractivity contribution in [1.82, 2.24) is 0 Å². The lowest BCUT2D eigenvalue weighted by molar-refractivity contribution is 0.478. The van der Waals surface area contributed by atoms with Gasteiger partial charge < -0.3 is 16.2 Å². The summed E-state index contributed by atoms with van der Waals surface area (Å²) in [5, 5.41) is 21.9. The smallest absolute Gasteiger partial charge is 0.190 e. The highest BCUT2D eigenvalue weighted by atomic mass is 16.3. The maximum atomic E-state index is 9.94. The molecule has 2 aromatic rings. The predicted octanol–water partition coefficient (Wildman–Crippen LogP) is 2.33. The number of phenols is 1. The monoisotopic (exact) mass is 225 g/mol. The molecule has 0 radical (unpaired) electrons. The number of guanidine groups is 1. The number of rotatable bonds is 1. The van der Waals surface area contributed by atoms with Crippen molar-refractivity contribution in [3.63, 3.8) is 0 Å². The molecule has 3 rings (SSSR count). The number of aromatic hydroxyl groups is 1. The molecule has 0 unspecified atom stereocenters. The molecule has 0 aliphatic heterocycles. The molecule has 0 fully saturated rings. The number of hydrogen-bond donors (Lipinski definition) is 4. The van der Waals surface area contributed by atoms with E-state index in [1.165, 1.54) is 0 Å². The summed E-state index contributed by atoms with van der Waals surface area (Å²) in [4.78, 5) is 0. The van der Waals surface area contributed by atoms with Gasteiger partial charge in [0.1, 0.15) is 5.75 Å². The van der Waals surface area contributed by atoms with Crippen molar-refractivity contribution in [3.05, 3.63) is 35.4 Å². The maximum Gasteiger partial charge on any atom is 0.190 e. The summed E-state index contributed by atoms with van der Waals surface area (Å²) < 4.78 is 0. The van der Waals surface area contributed by atoms with Crippen LogP contribution in [0.5, 0.6) is 5.75 Å². The Hall–Kier alpha value is -2.49. The molecule has 0 bridgehead atoms. The summed E-state index contributed by atoms with van der Waals surface area (Å²) in [5.41, 5.74) is 7.80. The average Bonchev–Trinajstić information content (AvgIpc) is 2.69. The average molecular weight is 225 g/mol. The Morgan fingerprint density at radius 3 is 2.88 bits per heavy atom. The van der Waals surface area contributed by atoms with Crippen molar-refractivity contribution in [3.8, 4) is 5.75 Å². The van der Waals surface area contributed by atoms with Gasteiger partial charge in [-0.25, -0.2) is 0 Å². The van der Waals surface area contributed by atoms with Crippen LogP contribution in [0.15, 0.2) is 24.3 Å². The molecule has 0 amide bonds. The summed E-state index contributed by atoms with van der Waals surface area (Å²) in [7, 11) is 0. The number of nitrogens with two attached hydrogens (primary N) is 1. The Labute approximate surface area is 97.9 Å². The zero-order valence-corrected chi connectivity index (χ0v) is 8.99. The van der Waals surface area contributed by atoms with Crippen LogP contribution in [0.1, 0.15) is 11.1 Å². The second-order valence-electron chi connectivity index (χ2n) is 4.00. The fourth-order valence-corrected chi connectivity index (χ4v) is 2.25. The van der Waals surface area contributed by atoms with Gasteiger partial charge in [0.05, 0.1) is 5.69 Å². The fraction of sp³-hybridized carbons (Fsp3) is 0. The zero-order valence-electron chi connectivity index (χ0n) is 8.99. The summed E-state index contributed by atoms with van der Waals surface area (Å²) in [6.07, 6.45) is 3.91. The van der Waals surface area contributed by atoms with E-state index >= 15 is 0 Å². The van der Waals surface area contributed by atoms with Crippen LogP contribution in [0.4, 0.5) is 5.69 Å². The van der Waals surface area contributed by atoms with Gasteiger partial charge in [0, 0.05) is 5.56 Å². The highest BCUT2D eigenvalue weighted by molar-refractivity contribution is 6.11. The SMILES string of the molecule is N=C(N)Nc1c(O)cc2cccc3c2c1C=C3. The summed E-state index contributed by atoms with van der Waals surface area (Å²) in [6.45, 7) is 0. The zero-order chi connectivity index (χ0) is 12.0. The van der Waals surface area contributed by atoms with Crippen LogP contribution in [0.25, 0.3) is 22.9 Å². The van der Waals surface area contributed by atoms with Crippen LogP contribution in [0.2, 0.25) is 0 Å². The van der Waals surface area contributed by atoms with Crippen LogP contribution >= 0.6 is 0 Å². The van der Waals surface area contributed by atoms with Crippen molar-refractivity contribution in [1.29, 1.82) is 5.41 Å². The molecule has 1 aliphatic rings. The minimum absolute atomic E-state index is 0.103. The lowest BCUT2D eigenvalue weighted by atomic mass is 10.0. The van der Waals surface area contributed by atoms with E-state index < -0.39 is 0 Å². The van der Waals surface area contributed by atoms with Gasteiger partial charge >= 0.3 is 0 Å². The highest BCUT2D eigenvalue weighted by Gasteiger charge is 2.16. The van der Waals surface area contributed by atoms with E-state index in [0.29, 0.717) is 5.69 Å². The topological polar surface area (TPSA) is 82.1 Å². The number of phenolic OH excluding ortho intramolecular Hbond substituents is 1. The van der Waals surface area contributed by atoms with E-state index in [0.717, 1.165) is 21.9 Å². The Morgan fingerprint density at radius 1 is 1.29 bits per heavy atom. The van der Waals surface area contributed by atoms with E-state index in [-0.39, 0.29) is 11.7 Å². The van der Waals surface area contributed by atoms with Gasteiger partial charge in [0.25, 0.3) is 0 Å². The van der Waals surface area contributed by atoms with Gasteiger partial charge in [-0.05, 0) is 22.4 Å². The molecule has 17 heavy (non-hydrogen) atoms. The van der Waals surface area contributed by atoms with E-state index in [1.54, 1.807) is 6.07 Å². The molecule has 0 heterocycles.